The normalized spacial score (nSPS) is 22.3. The van der Waals surface area contributed by atoms with Crippen LogP contribution in [0.3, 0.4) is 0 Å². The predicted octanol–water partition coefficient (Wildman–Crippen LogP) is 2.94. The molecule has 1 saturated carbocycles. The van der Waals surface area contributed by atoms with Crippen molar-refractivity contribution in [3.05, 3.63) is 18.0 Å². The van der Waals surface area contributed by atoms with E-state index in [4.69, 9.17) is 0 Å². The number of carbonyl (C=O) groups is 1. The van der Waals surface area contributed by atoms with Crippen LogP contribution in [0.25, 0.3) is 0 Å². The van der Waals surface area contributed by atoms with Gasteiger partial charge in [0.1, 0.15) is 0 Å². The van der Waals surface area contributed by atoms with Crippen molar-refractivity contribution in [2.24, 2.45) is 0 Å². The Morgan fingerprint density at radius 1 is 1.48 bits per heavy atom. The van der Waals surface area contributed by atoms with E-state index in [1.54, 1.807) is 0 Å². The van der Waals surface area contributed by atoms with Crippen LogP contribution >= 0.6 is 11.8 Å². The molecule has 0 spiro atoms. The standard InChI is InChI=1S/C15H26N4OS/c1-11(2)19-9-8-12(18-19)10-16-15(20)17-13-6-4-5-7-14(13)21-3/h8-9,11,13-14H,4-7,10H2,1-3H3,(H2,16,17,20)/t13-,14+/m1/s1. The number of aromatic nitrogens is 2. The highest BCUT2D eigenvalue weighted by molar-refractivity contribution is 7.99. The van der Waals surface area contributed by atoms with E-state index in [9.17, 15) is 4.79 Å². The number of thioether (sulfide) groups is 1. The first kappa shape index (κ1) is 16.2. The maximum Gasteiger partial charge on any atom is 0.315 e. The van der Waals surface area contributed by atoms with Crippen molar-refractivity contribution in [3.63, 3.8) is 0 Å². The second kappa shape index (κ2) is 7.73. The molecule has 2 amide bonds. The lowest BCUT2D eigenvalue weighted by atomic mass is 9.95. The summed E-state index contributed by atoms with van der Waals surface area (Å²) >= 11 is 1.86. The van der Waals surface area contributed by atoms with Crippen LogP contribution in [0.1, 0.15) is 51.3 Å². The quantitative estimate of drug-likeness (QED) is 0.879. The molecule has 2 rings (SSSR count). The highest BCUT2D eigenvalue weighted by Gasteiger charge is 2.25. The monoisotopic (exact) mass is 310 g/mol. The molecule has 118 valence electrons. The van der Waals surface area contributed by atoms with Gasteiger partial charge in [-0.3, -0.25) is 4.68 Å². The molecule has 0 saturated heterocycles. The molecule has 6 heteroatoms. The Labute approximate surface area is 131 Å². The molecule has 0 unspecified atom stereocenters. The van der Waals surface area contributed by atoms with Crippen LogP contribution in [-0.2, 0) is 6.54 Å². The third-order valence-corrected chi connectivity index (χ3v) is 5.11. The van der Waals surface area contributed by atoms with Gasteiger partial charge < -0.3 is 10.6 Å². The highest BCUT2D eigenvalue weighted by Crippen LogP contribution is 2.26. The van der Waals surface area contributed by atoms with Crippen molar-refractivity contribution in [3.8, 4) is 0 Å². The fourth-order valence-corrected chi connectivity index (χ4v) is 3.63. The molecule has 1 fully saturated rings. The highest BCUT2D eigenvalue weighted by atomic mass is 32.2. The van der Waals surface area contributed by atoms with Crippen LogP contribution in [0.15, 0.2) is 12.3 Å². The molecule has 1 aromatic heterocycles. The summed E-state index contributed by atoms with van der Waals surface area (Å²) in [5.74, 6) is 0. The SMILES string of the molecule is CS[C@H]1CCCC[C@H]1NC(=O)NCc1ccn(C(C)C)n1. The first-order chi connectivity index (χ1) is 10.1. The van der Waals surface area contributed by atoms with Gasteiger partial charge in [-0.05, 0) is 39.0 Å². The summed E-state index contributed by atoms with van der Waals surface area (Å²) in [5, 5.41) is 11.0. The fraction of sp³-hybridized carbons (Fsp3) is 0.733. The molecule has 0 radical (unpaired) electrons. The number of carbonyl (C=O) groups excluding carboxylic acids is 1. The number of amides is 2. The van der Waals surface area contributed by atoms with Crippen LogP contribution in [0, 0.1) is 0 Å². The van der Waals surface area contributed by atoms with Crippen LogP contribution in [-0.4, -0.2) is 33.4 Å². The van der Waals surface area contributed by atoms with Gasteiger partial charge in [-0.15, -0.1) is 0 Å². The summed E-state index contributed by atoms with van der Waals surface area (Å²) < 4.78 is 1.90. The third kappa shape index (κ3) is 4.66. The molecule has 1 heterocycles. The number of urea groups is 1. The lowest BCUT2D eigenvalue weighted by Gasteiger charge is -2.30. The molecular weight excluding hydrogens is 284 g/mol. The molecular formula is C15H26N4OS. The summed E-state index contributed by atoms with van der Waals surface area (Å²) in [4.78, 5) is 12.0. The maximum absolute atomic E-state index is 12.0. The summed E-state index contributed by atoms with van der Waals surface area (Å²) in [6.07, 6.45) is 8.84. The van der Waals surface area contributed by atoms with Gasteiger partial charge in [0, 0.05) is 23.5 Å². The maximum atomic E-state index is 12.0. The average molecular weight is 310 g/mol. The van der Waals surface area contributed by atoms with Gasteiger partial charge >= 0.3 is 6.03 Å². The van der Waals surface area contributed by atoms with E-state index < -0.39 is 0 Å². The van der Waals surface area contributed by atoms with Gasteiger partial charge in [-0.1, -0.05) is 12.8 Å². The summed E-state index contributed by atoms with van der Waals surface area (Å²) in [7, 11) is 0. The summed E-state index contributed by atoms with van der Waals surface area (Å²) in [6, 6.07) is 2.50. The van der Waals surface area contributed by atoms with Crippen LogP contribution in [0.4, 0.5) is 4.79 Å². The Kier molecular flexibility index (Phi) is 5.96. The van der Waals surface area contributed by atoms with E-state index in [2.05, 4.69) is 35.8 Å². The van der Waals surface area contributed by atoms with Crippen molar-refractivity contribution in [1.29, 1.82) is 0 Å². The second-order valence-corrected chi connectivity index (χ2v) is 6.95. The minimum Gasteiger partial charge on any atom is -0.334 e. The Balaban J connectivity index is 1.78. The zero-order valence-corrected chi connectivity index (χ0v) is 13.9. The van der Waals surface area contributed by atoms with Gasteiger partial charge in [0.15, 0.2) is 0 Å². The van der Waals surface area contributed by atoms with Crippen molar-refractivity contribution in [2.75, 3.05) is 6.26 Å². The lowest BCUT2D eigenvalue weighted by molar-refractivity contribution is 0.233. The molecule has 5 nitrogen and oxygen atoms in total. The van der Waals surface area contributed by atoms with E-state index in [-0.39, 0.29) is 6.03 Å². The van der Waals surface area contributed by atoms with Crippen molar-refractivity contribution >= 4 is 17.8 Å². The topological polar surface area (TPSA) is 59.0 Å². The van der Waals surface area contributed by atoms with E-state index in [1.807, 2.05) is 28.7 Å². The molecule has 0 bridgehead atoms. The van der Waals surface area contributed by atoms with Gasteiger partial charge in [-0.25, -0.2) is 4.79 Å². The number of nitrogens with one attached hydrogen (secondary N) is 2. The summed E-state index contributed by atoms with van der Waals surface area (Å²) in [6.45, 7) is 4.65. The molecule has 1 aliphatic carbocycles. The predicted molar refractivity (Wildman–Crippen MR) is 87.5 cm³/mol. The second-order valence-electron chi connectivity index (χ2n) is 5.87. The van der Waals surface area contributed by atoms with Crippen molar-refractivity contribution in [2.45, 2.75) is 63.4 Å². The first-order valence-corrected chi connectivity index (χ1v) is 9.00. The molecule has 0 aromatic carbocycles. The Morgan fingerprint density at radius 3 is 2.90 bits per heavy atom. The smallest absolute Gasteiger partial charge is 0.315 e. The van der Waals surface area contributed by atoms with Gasteiger partial charge in [0.05, 0.1) is 12.2 Å². The van der Waals surface area contributed by atoms with E-state index in [0.29, 0.717) is 23.9 Å². The largest absolute Gasteiger partial charge is 0.334 e. The molecule has 1 aromatic rings. The molecule has 2 atom stereocenters. The zero-order valence-electron chi connectivity index (χ0n) is 13.1. The van der Waals surface area contributed by atoms with Crippen molar-refractivity contribution < 1.29 is 4.79 Å². The average Bonchev–Trinajstić information content (AvgIpc) is 2.95. The number of hydrogen-bond donors (Lipinski definition) is 2. The first-order valence-electron chi connectivity index (χ1n) is 7.71. The summed E-state index contributed by atoms with van der Waals surface area (Å²) in [5.41, 5.74) is 0.893. The third-order valence-electron chi connectivity index (χ3n) is 3.94. The zero-order chi connectivity index (χ0) is 15.2. The minimum absolute atomic E-state index is 0.0833. The van der Waals surface area contributed by atoms with E-state index in [0.717, 1.165) is 12.1 Å². The van der Waals surface area contributed by atoms with Crippen molar-refractivity contribution in [1.82, 2.24) is 20.4 Å². The lowest BCUT2D eigenvalue weighted by Crippen LogP contribution is -2.47. The van der Waals surface area contributed by atoms with Crippen LogP contribution in [0.5, 0.6) is 0 Å². The number of nitrogens with zero attached hydrogens (tertiary/aromatic N) is 2. The van der Waals surface area contributed by atoms with Gasteiger partial charge in [0.2, 0.25) is 0 Å². The molecule has 1 aliphatic rings. The number of hydrogen-bond acceptors (Lipinski definition) is 3. The minimum atomic E-state index is -0.0833. The Morgan fingerprint density at radius 2 is 2.24 bits per heavy atom. The van der Waals surface area contributed by atoms with E-state index in [1.165, 1.54) is 19.3 Å². The molecule has 2 N–H and O–H groups in total. The Hall–Kier alpha value is -1.17. The van der Waals surface area contributed by atoms with E-state index >= 15 is 0 Å². The molecule has 21 heavy (non-hydrogen) atoms. The number of rotatable bonds is 5. The van der Waals surface area contributed by atoms with Gasteiger partial charge in [0.25, 0.3) is 0 Å². The van der Waals surface area contributed by atoms with Crippen LogP contribution < -0.4 is 10.6 Å². The molecule has 0 aliphatic heterocycles. The van der Waals surface area contributed by atoms with Gasteiger partial charge in [-0.2, -0.15) is 16.9 Å². The fourth-order valence-electron chi connectivity index (χ4n) is 2.69. The Bertz CT molecular complexity index is 460. The van der Waals surface area contributed by atoms with Crippen LogP contribution in [0.2, 0.25) is 0 Å².